The summed E-state index contributed by atoms with van der Waals surface area (Å²) in [6, 6.07) is 11.7. The molecule has 0 atom stereocenters. The fourth-order valence-corrected chi connectivity index (χ4v) is 1.58. The molecule has 1 aromatic heterocycles. The van der Waals surface area contributed by atoms with Crippen LogP contribution < -0.4 is 10.9 Å². The predicted molar refractivity (Wildman–Crippen MR) is 73.2 cm³/mol. The summed E-state index contributed by atoms with van der Waals surface area (Å²) in [5.74, 6) is -0.430. The highest BCUT2D eigenvalue weighted by Crippen LogP contribution is 2.09. The Labute approximate surface area is 115 Å². The number of benzene rings is 1. The number of aryl methyl sites for hydroxylation is 1. The van der Waals surface area contributed by atoms with Gasteiger partial charge in [-0.3, -0.25) is 9.59 Å². The van der Waals surface area contributed by atoms with E-state index in [4.69, 9.17) is 5.26 Å². The first kappa shape index (κ1) is 13.5. The van der Waals surface area contributed by atoms with Gasteiger partial charge in [0.25, 0.3) is 11.5 Å². The molecule has 20 heavy (non-hydrogen) atoms. The van der Waals surface area contributed by atoms with Crippen LogP contribution in [-0.4, -0.2) is 15.7 Å². The molecular weight excluding hydrogens is 256 g/mol. The summed E-state index contributed by atoms with van der Waals surface area (Å²) in [6.45, 7) is 1.76. The molecule has 0 aliphatic carbocycles. The second-order valence-corrected chi connectivity index (χ2v) is 4.19. The van der Waals surface area contributed by atoms with Crippen LogP contribution in [0.4, 0.5) is 5.69 Å². The number of hydrogen-bond acceptors (Lipinski definition) is 4. The molecule has 0 fully saturated rings. The van der Waals surface area contributed by atoms with Gasteiger partial charge in [-0.15, -0.1) is 0 Å². The van der Waals surface area contributed by atoms with Crippen LogP contribution in [0.15, 0.2) is 41.2 Å². The quantitative estimate of drug-likeness (QED) is 0.909. The standard InChI is InChI=1S/C14H12N4O2/c1-10-2-4-11(5-3-10)16-14(20)12-6-7-13(19)18(17-12)9-8-15/h2-7H,9H2,1H3,(H,16,20). The minimum Gasteiger partial charge on any atom is -0.321 e. The first-order chi connectivity index (χ1) is 9.60. The van der Waals surface area contributed by atoms with Crippen molar-refractivity contribution in [3.63, 3.8) is 0 Å². The van der Waals surface area contributed by atoms with Gasteiger partial charge in [0.15, 0.2) is 0 Å². The van der Waals surface area contributed by atoms with Gasteiger partial charge >= 0.3 is 0 Å². The molecule has 0 spiro atoms. The van der Waals surface area contributed by atoms with Crippen LogP contribution in [-0.2, 0) is 6.54 Å². The summed E-state index contributed by atoms with van der Waals surface area (Å²) in [4.78, 5) is 23.4. The van der Waals surface area contributed by atoms with Crippen molar-refractivity contribution in [1.29, 1.82) is 5.26 Å². The molecule has 2 aromatic rings. The van der Waals surface area contributed by atoms with Crippen molar-refractivity contribution in [3.8, 4) is 6.07 Å². The van der Waals surface area contributed by atoms with E-state index in [1.165, 1.54) is 12.1 Å². The molecule has 0 unspecified atom stereocenters. The molecule has 1 N–H and O–H groups in total. The number of nitriles is 1. The van der Waals surface area contributed by atoms with Crippen molar-refractivity contribution in [2.24, 2.45) is 0 Å². The van der Waals surface area contributed by atoms with E-state index in [-0.39, 0.29) is 12.2 Å². The molecular formula is C14H12N4O2. The van der Waals surface area contributed by atoms with Crippen molar-refractivity contribution in [2.45, 2.75) is 13.5 Å². The summed E-state index contributed by atoms with van der Waals surface area (Å²) in [5, 5.41) is 15.1. The topological polar surface area (TPSA) is 87.8 Å². The van der Waals surface area contributed by atoms with Crippen molar-refractivity contribution in [1.82, 2.24) is 9.78 Å². The van der Waals surface area contributed by atoms with Crippen LogP contribution in [0.3, 0.4) is 0 Å². The van der Waals surface area contributed by atoms with Gasteiger partial charge in [0.05, 0.1) is 6.07 Å². The van der Waals surface area contributed by atoms with Crippen molar-refractivity contribution in [2.75, 3.05) is 5.32 Å². The van der Waals surface area contributed by atoms with Gasteiger partial charge in [0, 0.05) is 11.8 Å². The Balaban J connectivity index is 2.21. The third kappa shape index (κ3) is 3.09. The maximum absolute atomic E-state index is 12.0. The number of hydrogen-bond donors (Lipinski definition) is 1. The van der Waals surface area contributed by atoms with E-state index in [0.717, 1.165) is 10.2 Å². The monoisotopic (exact) mass is 268 g/mol. The minimum absolute atomic E-state index is 0.0837. The van der Waals surface area contributed by atoms with E-state index in [9.17, 15) is 9.59 Å². The molecule has 1 aromatic carbocycles. The van der Waals surface area contributed by atoms with Crippen molar-refractivity contribution < 1.29 is 4.79 Å². The summed E-state index contributed by atoms with van der Waals surface area (Å²) in [5.41, 5.74) is 1.39. The van der Waals surface area contributed by atoms with E-state index in [1.54, 1.807) is 12.1 Å². The Bertz CT molecular complexity index is 726. The number of nitrogens with zero attached hydrogens (tertiary/aromatic N) is 3. The summed E-state index contributed by atoms with van der Waals surface area (Å²) in [7, 11) is 0. The lowest BCUT2D eigenvalue weighted by Crippen LogP contribution is -2.25. The predicted octanol–water partition coefficient (Wildman–Crippen LogP) is 1.33. The Kier molecular flexibility index (Phi) is 3.91. The zero-order chi connectivity index (χ0) is 14.5. The molecule has 0 saturated heterocycles. The van der Waals surface area contributed by atoms with Gasteiger partial charge in [0.2, 0.25) is 0 Å². The van der Waals surface area contributed by atoms with Crippen LogP contribution in [0.1, 0.15) is 16.1 Å². The van der Waals surface area contributed by atoms with E-state index in [2.05, 4.69) is 10.4 Å². The van der Waals surface area contributed by atoms with Crippen LogP contribution in [0.25, 0.3) is 0 Å². The number of rotatable bonds is 3. The average molecular weight is 268 g/mol. The third-order valence-electron chi connectivity index (χ3n) is 2.63. The SMILES string of the molecule is Cc1ccc(NC(=O)c2ccc(=O)n(CC#N)n2)cc1. The molecule has 0 bridgehead atoms. The maximum Gasteiger partial charge on any atom is 0.276 e. The number of anilines is 1. The number of nitrogens with one attached hydrogen (secondary N) is 1. The second-order valence-electron chi connectivity index (χ2n) is 4.19. The van der Waals surface area contributed by atoms with Crippen LogP contribution >= 0.6 is 0 Å². The van der Waals surface area contributed by atoms with Crippen molar-refractivity contribution in [3.05, 3.63) is 58.0 Å². The third-order valence-corrected chi connectivity index (χ3v) is 2.63. The highest BCUT2D eigenvalue weighted by Gasteiger charge is 2.09. The van der Waals surface area contributed by atoms with Gasteiger partial charge < -0.3 is 5.32 Å². The summed E-state index contributed by atoms with van der Waals surface area (Å²) >= 11 is 0. The molecule has 6 heteroatoms. The largest absolute Gasteiger partial charge is 0.321 e. The average Bonchev–Trinajstić information content (AvgIpc) is 2.44. The second kappa shape index (κ2) is 5.80. The normalized spacial score (nSPS) is 9.80. The molecule has 1 amide bonds. The van der Waals surface area contributed by atoms with Crippen molar-refractivity contribution >= 4 is 11.6 Å². The first-order valence-corrected chi connectivity index (χ1v) is 5.93. The zero-order valence-corrected chi connectivity index (χ0v) is 10.8. The highest BCUT2D eigenvalue weighted by molar-refractivity contribution is 6.02. The fourth-order valence-electron chi connectivity index (χ4n) is 1.58. The lowest BCUT2D eigenvalue weighted by atomic mass is 10.2. The first-order valence-electron chi connectivity index (χ1n) is 5.93. The van der Waals surface area contributed by atoms with E-state index >= 15 is 0 Å². The van der Waals surface area contributed by atoms with Gasteiger partial charge in [-0.25, -0.2) is 4.68 Å². The molecule has 2 rings (SSSR count). The molecule has 6 nitrogen and oxygen atoms in total. The fraction of sp³-hybridized carbons (Fsp3) is 0.143. The van der Waals surface area contributed by atoms with E-state index < -0.39 is 11.5 Å². The van der Waals surface area contributed by atoms with E-state index in [1.807, 2.05) is 25.1 Å². The Hall–Kier alpha value is -2.94. The Morgan fingerprint density at radius 3 is 2.65 bits per heavy atom. The maximum atomic E-state index is 12.0. The van der Waals surface area contributed by atoms with Gasteiger partial charge in [0.1, 0.15) is 12.2 Å². The van der Waals surface area contributed by atoms with Gasteiger partial charge in [-0.05, 0) is 25.1 Å². The zero-order valence-electron chi connectivity index (χ0n) is 10.8. The smallest absolute Gasteiger partial charge is 0.276 e. The number of carbonyl (C=O) groups is 1. The van der Waals surface area contributed by atoms with Gasteiger partial charge in [-0.1, -0.05) is 17.7 Å². The lowest BCUT2D eigenvalue weighted by molar-refractivity contribution is 0.102. The Morgan fingerprint density at radius 1 is 1.30 bits per heavy atom. The molecule has 1 heterocycles. The van der Waals surface area contributed by atoms with Crippen LogP contribution in [0, 0.1) is 18.3 Å². The lowest BCUT2D eigenvalue weighted by Gasteiger charge is -2.06. The van der Waals surface area contributed by atoms with Crippen LogP contribution in [0.5, 0.6) is 0 Å². The molecule has 100 valence electrons. The van der Waals surface area contributed by atoms with Crippen LogP contribution in [0.2, 0.25) is 0 Å². The van der Waals surface area contributed by atoms with E-state index in [0.29, 0.717) is 5.69 Å². The number of aromatic nitrogens is 2. The number of amides is 1. The number of carbonyl (C=O) groups excluding carboxylic acids is 1. The molecule has 0 aliphatic heterocycles. The summed E-state index contributed by atoms with van der Waals surface area (Å²) < 4.78 is 0.948. The molecule has 0 aliphatic rings. The van der Waals surface area contributed by atoms with Gasteiger partial charge in [-0.2, -0.15) is 10.4 Å². The molecule has 0 radical (unpaired) electrons. The minimum atomic E-state index is -0.430. The highest BCUT2D eigenvalue weighted by atomic mass is 16.2. The molecule has 0 saturated carbocycles. The summed E-state index contributed by atoms with van der Waals surface area (Å²) in [6.07, 6.45) is 0. The Morgan fingerprint density at radius 2 is 2.00 bits per heavy atom.